The van der Waals surface area contributed by atoms with Crippen molar-refractivity contribution in [2.24, 2.45) is 0 Å². The molecule has 2 rings (SSSR count). The number of aliphatic hydroxyl groups excluding tert-OH is 1. The molecule has 0 saturated heterocycles. The Bertz CT molecular complexity index is 839. The zero-order valence-corrected chi connectivity index (χ0v) is 16.8. The first-order chi connectivity index (χ1) is 12.5. The van der Waals surface area contributed by atoms with Gasteiger partial charge in [0.05, 0.1) is 11.4 Å². The lowest BCUT2D eigenvalue weighted by molar-refractivity contribution is -0.157. The van der Waals surface area contributed by atoms with Gasteiger partial charge in [0, 0.05) is 5.70 Å². The van der Waals surface area contributed by atoms with Crippen LogP contribution in [0.2, 0.25) is 0 Å². The van der Waals surface area contributed by atoms with Crippen LogP contribution in [0.25, 0.3) is 0 Å². The van der Waals surface area contributed by atoms with E-state index in [1.807, 2.05) is 0 Å². The normalized spacial score (nSPS) is 17.8. The third kappa shape index (κ3) is 6.41. The summed E-state index contributed by atoms with van der Waals surface area (Å²) in [6, 6.07) is 8.75. The number of aliphatic hydroxyl groups is 1. The van der Waals surface area contributed by atoms with Crippen LogP contribution in [-0.2, 0) is 25.3 Å². The fourth-order valence-electron chi connectivity index (χ4n) is 2.57. The summed E-state index contributed by atoms with van der Waals surface area (Å²) in [7, 11) is -3.72. The number of benzene rings is 1. The molecule has 1 aromatic rings. The SMILES string of the molecule is CC1=CC=C(NS(=O)(=O)Cc2ccccc2)C(O)N1CC(=O)OC(C)(C)C. The molecular formula is C19H26N2O5S. The van der Waals surface area contributed by atoms with Gasteiger partial charge >= 0.3 is 5.97 Å². The summed E-state index contributed by atoms with van der Waals surface area (Å²) in [5, 5.41) is 10.6. The predicted octanol–water partition coefficient (Wildman–Crippen LogP) is 1.87. The first kappa shape index (κ1) is 21.0. The molecule has 0 saturated carbocycles. The van der Waals surface area contributed by atoms with Crippen LogP contribution in [0.3, 0.4) is 0 Å². The summed E-state index contributed by atoms with van der Waals surface area (Å²) >= 11 is 0. The summed E-state index contributed by atoms with van der Waals surface area (Å²) in [6.45, 7) is 6.79. The number of nitrogens with zero attached hydrogens (tertiary/aromatic N) is 1. The topological polar surface area (TPSA) is 95.9 Å². The fourth-order valence-corrected chi connectivity index (χ4v) is 3.81. The Balaban J connectivity index is 2.08. The smallest absolute Gasteiger partial charge is 0.326 e. The fraction of sp³-hybridized carbons (Fsp3) is 0.421. The first-order valence-electron chi connectivity index (χ1n) is 8.56. The Labute approximate surface area is 160 Å². The number of allylic oxidation sites excluding steroid dienone is 3. The highest BCUT2D eigenvalue weighted by molar-refractivity contribution is 7.88. The molecule has 1 aliphatic rings. The van der Waals surface area contributed by atoms with Gasteiger partial charge in [-0.05, 0) is 45.4 Å². The van der Waals surface area contributed by atoms with Gasteiger partial charge in [0.1, 0.15) is 12.1 Å². The van der Waals surface area contributed by atoms with E-state index in [4.69, 9.17) is 4.74 Å². The van der Waals surface area contributed by atoms with Gasteiger partial charge in [-0.2, -0.15) is 0 Å². The highest BCUT2D eigenvalue weighted by atomic mass is 32.2. The third-order valence-electron chi connectivity index (χ3n) is 3.72. The Morgan fingerprint density at radius 2 is 1.85 bits per heavy atom. The molecule has 0 aromatic heterocycles. The summed E-state index contributed by atoms with van der Waals surface area (Å²) in [4.78, 5) is 13.5. The molecule has 0 amide bonds. The van der Waals surface area contributed by atoms with Gasteiger partial charge in [0.25, 0.3) is 0 Å². The predicted molar refractivity (Wildman–Crippen MR) is 103 cm³/mol. The minimum Gasteiger partial charge on any atom is -0.459 e. The minimum absolute atomic E-state index is 0.0834. The van der Waals surface area contributed by atoms with Crippen molar-refractivity contribution in [2.45, 2.75) is 45.3 Å². The van der Waals surface area contributed by atoms with Crippen molar-refractivity contribution < 1.29 is 23.1 Å². The number of carbonyl (C=O) groups excluding carboxylic acids is 1. The van der Waals surface area contributed by atoms with E-state index in [-0.39, 0.29) is 18.0 Å². The molecule has 2 N–H and O–H groups in total. The molecular weight excluding hydrogens is 368 g/mol. The van der Waals surface area contributed by atoms with E-state index in [1.54, 1.807) is 64.1 Å². The summed E-state index contributed by atoms with van der Waals surface area (Å²) in [5.74, 6) is -0.727. The summed E-state index contributed by atoms with van der Waals surface area (Å²) in [6.07, 6.45) is 1.83. The zero-order chi connectivity index (χ0) is 20.2. The largest absolute Gasteiger partial charge is 0.459 e. The Hall–Kier alpha value is -2.32. The number of ether oxygens (including phenoxy) is 1. The average Bonchev–Trinajstić information content (AvgIpc) is 2.53. The lowest BCUT2D eigenvalue weighted by atomic mass is 10.2. The molecule has 1 aromatic carbocycles. The summed E-state index contributed by atoms with van der Waals surface area (Å²) < 4.78 is 32.5. The number of esters is 1. The Kier molecular flexibility index (Phi) is 6.33. The molecule has 7 nitrogen and oxygen atoms in total. The molecule has 148 valence electrons. The van der Waals surface area contributed by atoms with Crippen molar-refractivity contribution in [1.29, 1.82) is 0 Å². The van der Waals surface area contributed by atoms with Gasteiger partial charge in [-0.3, -0.25) is 9.52 Å². The number of rotatable bonds is 6. The lowest BCUT2D eigenvalue weighted by Gasteiger charge is -2.34. The van der Waals surface area contributed by atoms with Crippen LogP contribution in [0.15, 0.2) is 53.9 Å². The quantitative estimate of drug-likeness (QED) is 0.715. The molecule has 0 radical (unpaired) electrons. The van der Waals surface area contributed by atoms with E-state index in [0.717, 1.165) is 0 Å². The highest BCUT2D eigenvalue weighted by Gasteiger charge is 2.29. The number of nitrogens with one attached hydrogen (secondary N) is 1. The molecule has 8 heteroatoms. The van der Waals surface area contributed by atoms with E-state index < -0.39 is 27.8 Å². The monoisotopic (exact) mass is 394 g/mol. The number of hydrogen-bond acceptors (Lipinski definition) is 6. The van der Waals surface area contributed by atoms with Gasteiger partial charge in [-0.1, -0.05) is 30.3 Å². The minimum atomic E-state index is -3.72. The zero-order valence-electron chi connectivity index (χ0n) is 16.0. The maximum Gasteiger partial charge on any atom is 0.326 e. The van der Waals surface area contributed by atoms with E-state index in [9.17, 15) is 18.3 Å². The highest BCUT2D eigenvalue weighted by Crippen LogP contribution is 2.20. The van der Waals surface area contributed by atoms with E-state index in [1.165, 1.54) is 11.0 Å². The lowest BCUT2D eigenvalue weighted by Crippen LogP contribution is -2.46. The van der Waals surface area contributed by atoms with Crippen LogP contribution in [0, 0.1) is 0 Å². The van der Waals surface area contributed by atoms with Gasteiger partial charge in [-0.25, -0.2) is 8.42 Å². The second-order valence-corrected chi connectivity index (χ2v) is 9.09. The van der Waals surface area contributed by atoms with Crippen LogP contribution in [-0.4, -0.2) is 42.8 Å². The van der Waals surface area contributed by atoms with E-state index in [2.05, 4.69) is 4.72 Å². The van der Waals surface area contributed by atoms with Crippen molar-refractivity contribution in [3.8, 4) is 0 Å². The molecule has 1 aliphatic heterocycles. The molecule has 1 unspecified atom stereocenters. The van der Waals surface area contributed by atoms with Crippen LogP contribution >= 0.6 is 0 Å². The second kappa shape index (κ2) is 8.14. The third-order valence-corrected chi connectivity index (χ3v) is 4.98. The van der Waals surface area contributed by atoms with Gasteiger partial charge in [0.2, 0.25) is 10.0 Å². The van der Waals surface area contributed by atoms with Gasteiger partial charge < -0.3 is 14.7 Å². The average molecular weight is 394 g/mol. The Morgan fingerprint density at radius 3 is 2.44 bits per heavy atom. The van der Waals surface area contributed by atoms with Crippen LogP contribution < -0.4 is 4.72 Å². The second-order valence-electron chi connectivity index (χ2n) is 7.36. The van der Waals surface area contributed by atoms with Crippen molar-refractivity contribution in [1.82, 2.24) is 9.62 Å². The Morgan fingerprint density at radius 1 is 1.22 bits per heavy atom. The van der Waals surface area contributed by atoms with E-state index >= 15 is 0 Å². The van der Waals surface area contributed by atoms with Crippen molar-refractivity contribution in [3.05, 3.63) is 59.4 Å². The molecule has 1 atom stereocenters. The number of hydrogen-bond donors (Lipinski definition) is 2. The molecule has 1 heterocycles. The van der Waals surface area contributed by atoms with Crippen LogP contribution in [0.1, 0.15) is 33.3 Å². The van der Waals surface area contributed by atoms with Gasteiger partial charge in [-0.15, -0.1) is 0 Å². The van der Waals surface area contributed by atoms with Gasteiger partial charge in [0.15, 0.2) is 6.23 Å². The molecule has 27 heavy (non-hydrogen) atoms. The van der Waals surface area contributed by atoms with Crippen LogP contribution in [0.4, 0.5) is 0 Å². The van der Waals surface area contributed by atoms with Crippen molar-refractivity contribution in [3.63, 3.8) is 0 Å². The molecule has 0 spiro atoms. The maximum atomic E-state index is 12.4. The molecule has 0 bridgehead atoms. The maximum absolute atomic E-state index is 12.4. The first-order valence-corrected chi connectivity index (χ1v) is 10.2. The standard InChI is InChI=1S/C19H26N2O5S/c1-14-10-11-16(18(23)21(14)12-17(22)26-19(2,3)4)20-27(24,25)13-15-8-6-5-7-9-15/h5-11,18,20,23H,12-13H2,1-4H3. The number of sulfonamides is 1. The van der Waals surface area contributed by atoms with E-state index in [0.29, 0.717) is 11.3 Å². The molecule has 0 aliphatic carbocycles. The number of carbonyl (C=O) groups is 1. The van der Waals surface area contributed by atoms with Crippen LogP contribution in [0.5, 0.6) is 0 Å². The molecule has 0 fully saturated rings. The summed E-state index contributed by atoms with van der Waals surface area (Å²) in [5.41, 5.74) is 0.693. The van der Waals surface area contributed by atoms with Crippen molar-refractivity contribution in [2.75, 3.05) is 6.54 Å². The van der Waals surface area contributed by atoms with Crippen molar-refractivity contribution >= 4 is 16.0 Å².